The van der Waals surface area contributed by atoms with E-state index in [0.717, 1.165) is 17.6 Å². The van der Waals surface area contributed by atoms with Gasteiger partial charge in [0, 0.05) is 35.8 Å². The van der Waals surface area contributed by atoms with Crippen LogP contribution in [0.1, 0.15) is 18.4 Å². The number of halogens is 1. The van der Waals surface area contributed by atoms with Crippen molar-refractivity contribution < 1.29 is 0 Å². The quantitative estimate of drug-likeness (QED) is 0.918. The van der Waals surface area contributed by atoms with E-state index in [-0.39, 0.29) is 0 Å². The molecule has 0 aromatic heterocycles. The third kappa shape index (κ3) is 3.71. The van der Waals surface area contributed by atoms with Crippen LogP contribution in [0.15, 0.2) is 22.7 Å². The molecule has 1 atom stereocenters. The van der Waals surface area contributed by atoms with Gasteiger partial charge >= 0.3 is 0 Å². The highest BCUT2D eigenvalue weighted by atomic mass is 79.9. The van der Waals surface area contributed by atoms with Crippen molar-refractivity contribution in [2.45, 2.75) is 25.4 Å². The maximum Gasteiger partial charge on any atom is 0.0413 e. The minimum Gasteiger partial charge on any atom is -0.370 e. The van der Waals surface area contributed by atoms with Gasteiger partial charge in [0.15, 0.2) is 0 Å². The van der Waals surface area contributed by atoms with Crippen LogP contribution in [-0.4, -0.2) is 45.2 Å². The van der Waals surface area contributed by atoms with E-state index in [0.29, 0.717) is 6.04 Å². The zero-order chi connectivity index (χ0) is 13.8. The Hall–Kier alpha value is -0.580. The molecular formula is C15H24BrN3. The minimum absolute atomic E-state index is 0.667. The van der Waals surface area contributed by atoms with Crippen LogP contribution in [0.4, 0.5) is 5.69 Å². The molecule has 106 valence electrons. The molecule has 4 heteroatoms. The molecule has 1 saturated heterocycles. The summed E-state index contributed by atoms with van der Waals surface area (Å²) in [5, 5.41) is 3.27. The fourth-order valence-corrected chi connectivity index (χ4v) is 3.20. The number of nitrogens with one attached hydrogen (secondary N) is 1. The lowest BCUT2D eigenvalue weighted by molar-refractivity contribution is 0.258. The number of hydrogen-bond acceptors (Lipinski definition) is 3. The first-order chi connectivity index (χ1) is 9.11. The van der Waals surface area contributed by atoms with Gasteiger partial charge in [-0.05, 0) is 57.7 Å². The van der Waals surface area contributed by atoms with Gasteiger partial charge < -0.3 is 15.1 Å². The van der Waals surface area contributed by atoms with E-state index >= 15 is 0 Å². The maximum absolute atomic E-state index is 3.57. The third-order valence-corrected chi connectivity index (χ3v) is 4.37. The van der Waals surface area contributed by atoms with Crippen LogP contribution in [0, 0.1) is 0 Å². The Kier molecular flexibility index (Phi) is 5.25. The molecule has 0 radical (unpaired) electrons. The summed E-state index contributed by atoms with van der Waals surface area (Å²) in [5.74, 6) is 0. The van der Waals surface area contributed by atoms with E-state index in [9.17, 15) is 0 Å². The zero-order valence-corrected chi connectivity index (χ0v) is 13.7. The maximum atomic E-state index is 3.57. The van der Waals surface area contributed by atoms with E-state index in [1.807, 2.05) is 7.05 Å². The number of anilines is 1. The number of likely N-dealkylation sites (N-methyl/N-ethyl adjacent to an activating group) is 1. The fraction of sp³-hybridized carbons (Fsp3) is 0.600. The van der Waals surface area contributed by atoms with Crippen LogP contribution < -0.4 is 10.2 Å². The van der Waals surface area contributed by atoms with Gasteiger partial charge in [-0.3, -0.25) is 0 Å². The first-order valence-electron chi connectivity index (χ1n) is 6.96. The monoisotopic (exact) mass is 325 g/mol. The molecule has 1 aromatic carbocycles. The highest BCUT2D eigenvalue weighted by Gasteiger charge is 2.22. The Bertz CT molecular complexity index is 420. The largest absolute Gasteiger partial charge is 0.370 e. The predicted molar refractivity (Wildman–Crippen MR) is 85.8 cm³/mol. The van der Waals surface area contributed by atoms with Crippen LogP contribution in [0.3, 0.4) is 0 Å². The molecule has 3 nitrogen and oxygen atoms in total. The summed E-state index contributed by atoms with van der Waals surface area (Å²) >= 11 is 3.57. The highest BCUT2D eigenvalue weighted by molar-refractivity contribution is 9.10. The molecule has 0 aliphatic carbocycles. The molecule has 1 heterocycles. The number of hydrogen-bond donors (Lipinski definition) is 1. The van der Waals surface area contributed by atoms with Crippen molar-refractivity contribution in [1.82, 2.24) is 10.2 Å². The molecule has 1 aromatic rings. The van der Waals surface area contributed by atoms with Gasteiger partial charge in [-0.15, -0.1) is 0 Å². The first kappa shape index (κ1) is 14.8. The summed E-state index contributed by atoms with van der Waals surface area (Å²) in [6.07, 6.45) is 2.58. The van der Waals surface area contributed by atoms with Crippen LogP contribution in [-0.2, 0) is 6.54 Å². The second-order valence-corrected chi connectivity index (χ2v) is 6.42. The molecule has 1 unspecified atom stereocenters. The number of benzene rings is 1. The Labute approximate surface area is 125 Å². The Morgan fingerprint density at radius 1 is 1.42 bits per heavy atom. The SMILES string of the molecule is CNCc1cc(Br)ccc1N1CCCC(N(C)C)C1. The van der Waals surface area contributed by atoms with Crippen molar-refractivity contribution in [2.75, 3.05) is 39.1 Å². The van der Waals surface area contributed by atoms with Crippen molar-refractivity contribution in [2.24, 2.45) is 0 Å². The summed E-state index contributed by atoms with van der Waals surface area (Å²) in [4.78, 5) is 4.88. The van der Waals surface area contributed by atoms with Crippen LogP contribution in [0.5, 0.6) is 0 Å². The van der Waals surface area contributed by atoms with Crippen LogP contribution in [0.2, 0.25) is 0 Å². The number of rotatable bonds is 4. The molecule has 1 fully saturated rings. The first-order valence-corrected chi connectivity index (χ1v) is 7.75. The normalized spacial score (nSPS) is 20.1. The van der Waals surface area contributed by atoms with Crippen molar-refractivity contribution in [1.29, 1.82) is 0 Å². The smallest absolute Gasteiger partial charge is 0.0413 e. The second-order valence-electron chi connectivity index (χ2n) is 5.51. The van der Waals surface area contributed by atoms with Crippen molar-refractivity contribution >= 4 is 21.6 Å². The molecule has 2 rings (SSSR count). The van der Waals surface area contributed by atoms with Crippen LogP contribution >= 0.6 is 15.9 Å². The lowest BCUT2D eigenvalue weighted by Crippen LogP contribution is -2.45. The summed E-state index contributed by atoms with van der Waals surface area (Å²) in [6, 6.07) is 7.29. The summed E-state index contributed by atoms with van der Waals surface area (Å²) in [5.41, 5.74) is 2.75. The molecule has 1 N–H and O–H groups in total. The van der Waals surface area contributed by atoms with Gasteiger partial charge in [0.25, 0.3) is 0 Å². The molecule has 1 aliphatic rings. The van der Waals surface area contributed by atoms with Gasteiger partial charge in [-0.25, -0.2) is 0 Å². The van der Waals surface area contributed by atoms with Gasteiger partial charge in [0.05, 0.1) is 0 Å². The van der Waals surface area contributed by atoms with E-state index in [4.69, 9.17) is 0 Å². The lowest BCUT2D eigenvalue weighted by atomic mass is 10.0. The fourth-order valence-electron chi connectivity index (χ4n) is 2.79. The molecule has 0 amide bonds. The van der Waals surface area contributed by atoms with Gasteiger partial charge in [0.1, 0.15) is 0 Å². The van der Waals surface area contributed by atoms with Crippen molar-refractivity contribution in [3.8, 4) is 0 Å². The van der Waals surface area contributed by atoms with Gasteiger partial charge in [0.2, 0.25) is 0 Å². The number of nitrogens with zero attached hydrogens (tertiary/aromatic N) is 2. The second kappa shape index (κ2) is 6.73. The van der Waals surface area contributed by atoms with E-state index in [1.54, 1.807) is 0 Å². The summed E-state index contributed by atoms with van der Waals surface area (Å²) in [6.45, 7) is 3.21. The van der Waals surface area contributed by atoms with Gasteiger partial charge in [-0.2, -0.15) is 0 Å². The zero-order valence-electron chi connectivity index (χ0n) is 12.1. The molecule has 0 bridgehead atoms. The minimum atomic E-state index is 0.667. The van der Waals surface area contributed by atoms with Gasteiger partial charge in [-0.1, -0.05) is 15.9 Å². The van der Waals surface area contributed by atoms with E-state index in [2.05, 4.69) is 63.3 Å². The summed E-state index contributed by atoms with van der Waals surface area (Å²) in [7, 11) is 6.37. The average molecular weight is 326 g/mol. The van der Waals surface area contributed by atoms with E-state index in [1.165, 1.54) is 30.6 Å². The molecule has 0 spiro atoms. The average Bonchev–Trinajstić information content (AvgIpc) is 2.39. The Morgan fingerprint density at radius 3 is 2.89 bits per heavy atom. The molecular weight excluding hydrogens is 302 g/mol. The van der Waals surface area contributed by atoms with E-state index < -0.39 is 0 Å². The van der Waals surface area contributed by atoms with Crippen molar-refractivity contribution in [3.63, 3.8) is 0 Å². The topological polar surface area (TPSA) is 18.5 Å². The lowest BCUT2D eigenvalue weighted by Gasteiger charge is -2.38. The molecule has 0 saturated carbocycles. The number of piperidine rings is 1. The summed E-state index contributed by atoms with van der Waals surface area (Å²) < 4.78 is 1.16. The standard InChI is InChI=1S/C15H24BrN3/c1-17-10-12-9-13(16)6-7-15(12)19-8-4-5-14(11-19)18(2)3/h6-7,9,14,17H,4-5,8,10-11H2,1-3H3. The van der Waals surface area contributed by atoms with Crippen molar-refractivity contribution in [3.05, 3.63) is 28.2 Å². The predicted octanol–water partition coefficient (Wildman–Crippen LogP) is 2.70. The highest BCUT2D eigenvalue weighted by Crippen LogP contribution is 2.28. The Morgan fingerprint density at radius 2 is 2.21 bits per heavy atom. The van der Waals surface area contributed by atoms with Crippen LogP contribution in [0.25, 0.3) is 0 Å². The molecule has 1 aliphatic heterocycles. The third-order valence-electron chi connectivity index (χ3n) is 3.88. The molecule has 19 heavy (non-hydrogen) atoms. The Balaban J connectivity index is 2.20.